The van der Waals surface area contributed by atoms with Gasteiger partial charge >= 0.3 is 5.97 Å². The molecular weight excluding hydrogens is 431 g/mol. The standard InChI is InChI=1S/C13H18N4O3.C7H6Cl2O/c1-16(9-11(18)17-7-3-4-8-17)10-5-6-14-12(15-10)13(19)20-2;1-10-5-2-3-6(8)7(9)4-5/h5-6H,3-4,7-9H2,1-2H3;2-4H,1H3. The number of esters is 1. The zero-order chi connectivity index (χ0) is 22.1. The highest BCUT2D eigenvalue weighted by molar-refractivity contribution is 6.42. The molecule has 0 aliphatic carbocycles. The van der Waals surface area contributed by atoms with Gasteiger partial charge in [0, 0.05) is 32.4 Å². The molecule has 1 aliphatic heterocycles. The molecule has 162 valence electrons. The van der Waals surface area contributed by atoms with Crippen LogP contribution in [0, 0.1) is 0 Å². The number of aromatic nitrogens is 2. The van der Waals surface area contributed by atoms with Crippen LogP contribution in [0.1, 0.15) is 23.5 Å². The van der Waals surface area contributed by atoms with Crippen molar-refractivity contribution in [2.45, 2.75) is 12.8 Å². The van der Waals surface area contributed by atoms with Crippen LogP contribution in [-0.4, -0.2) is 67.6 Å². The molecule has 0 unspecified atom stereocenters. The van der Waals surface area contributed by atoms with Gasteiger partial charge in [-0.15, -0.1) is 0 Å². The minimum absolute atomic E-state index is 0.00882. The molecule has 0 N–H and O–H groups in total. The SMILES string of the molecule is COC(=O)c1nccc(N(C)CC(=O)N2CCCC2)n1.COc1ccc(Cl)c(Cl)c1. The molecule has 1 aliphatic rings. The summed E-state index contributed by atoms with van der Waals surface area (Å²) in [6, 6.07) is 6.78. The zero-order valence-corrected chi connectivity index (χ0v) is 18.6. The van der Waals surface area contributed by atoms with E-state index >= 15 is 0 Å². The molecule has 2 heterocycles. The summed E-state index contributed by atoms with van der Waals surface area (Å²) in [6.45, 7) is 1.88. The fourth-order valence-corrected chi connectivity index (χ4v) is 2.99. The average Bonchev–Trinajstić information content (AvgIpc) is 3.31. The molecule has 0 radical (unpaired) electrons. The topological polar surface area (TPSA) is 84.9 Å². The summed E-state index contributed by atoms with van der Waals surface area (Å²) in [7, 11) is 4.62. The minimum Gasteiger partial charge on any atom is -0.497 e. The Balaban J connectivity index is 0.000000269. The second kappa shape index (κ2) is 11.6. The summed E-state index contributed by atoms with van der Waals surface area (Å²) in [5.74, 6) is 0.710. The van der Waals surface area contributed by atoms with Gasteiger partial charge in [-0.3, -0.25) is 4.79 Å². The van der Waals surface area contributed by atoms with E-state index in [1.165, 1.54) is 13.3 Å². The molecule has 0 atom stereocenters. The van der Waals surface area contributed by atoms with Gasteiger partial charge in [0.05, 0.1) is 30.8 Å². The lowest BCUT2D eigenvalue weighted by Crippen LogP contribution is -2.37. The lowest BCUT2D eigenvalue weighted by atomic mass is 10.3. The van der Waals surface area contributed by atoms with E-state index in [1.807, 2.05) is 4.90 Å². The van der Waals surface area contributed by atoms with E-state index < -0.39 is 5.97 Å². The summed E-state index contributed by atoms with van der Waals surface area (Å²) in [4.78, 5) is 34.9. The smallest absolute Gasteiger partial charge is 0.376 e. The molecule has 1 aromatic carbocycles. The van der Waals surface area contributed by atoms with Gasteiger partial charge in [0.15, 0.2) is 0 Å². The Morgan fingerprint density at radius 2 is 1.83 bits per heavy atom. The number of hydrogen-bond acceptors (Lipinski definition) is 7. The first kappa shape index (κ1) is 23.7. The predicted octanol–water partition coefficient (Wildman–Crippen LogP) is 3.32. The van der Waals surface area contributed by atoms with Crippen molar-refractivity contribution in [2.75, 3.05) is 45.8 Å². The maximum absolute atomic E-state index is 12.1. The Bertz CT molecular complexity index is 876. The number of benzene rings is 1. The maximum atomic E-state index is 12.1. The Labute approximate surface area is 185 Å². The number of likely N-dealkylation sites (tertiary alicyclic amines) is 1. The summed E-state index contributed by atoms with van der Waals surface area (Å²) < 4.78 is 9.48. The highest BCUT2D eigenvalue weighted by Gasteiger charge is 2.20. The van der Waals surface area contributed by atoms with Crippen molar-refractivity contribution in [2.24, 2.45) is 0 Å². The molecular formula is C20H24Cl2N4O4. The Hall–Kier alpha value is -2.58. The molecule has 1 saturated heterocycles. The van der Waals surface area contributed by atoms with Crippen LogP contribution in [0.25, 0.3) is 0 Å². The number of anilines is 1. The second-order valence-corrected chi connectivity index (χ2v) is 7.27. The molecule has 1 aromatic heterocycles. The molecule has 0 saturated carbocycles. The van der Waals surface area contributed by atoms with Crippen molar-refractivity contribution in [3.05, 3.63) is 46.3 Å². The van der Waals surface area contributed by atoms with Crippen molar-refractivity contribution < 1.29 is 19.1 Å². The highest BCUT2D eigenvalue weighted by Crippen LogP contribution is 2.25. The van der Waals surface area contributed by atoms with Crippen LogP contribution in [0.3, 0.4) is 0 Å². The van der Waals surface area contributed by atoms with Crippen LogP contribution in [-0.2, 0) is 9.53 Å². The Morgan fingerprint density at radius 3 is 2.43 bits per heavy atom. The molecule has 1 fully saturated rings. The molecule has 0 bridgehead atoms. The van der Waals surface area contributed by atoms with Gasteiger partial charge in [-0.1, -0.05) is 23.2 Å². The highest BCUT2D eigenvalue weighted by atomic mass is 35.5. The first-order valence-electron chi connectivity index (χ1n) is 9.25. The van der Waals surface area contributed by atoms with Crippen LogP contribution < -0.4 is 9.64 Å². The van der Waals surface area contributed by atoms with Crippen LogP contribution in [0.2, 0.25) is 10.0 Å². The third-order valence-electron chi connectivity index (χ3n) is 4.36. The number of hydrogen-bond donors (Lipinski definition) is 0. The number of carbonyl (C=O) groups excluding carboxylic acids is 2. The van der Waals surface area contributed by atoms with Crippen LogP contribution >= 0.6 is 23.2 Å². The first-order chi connectivity index (χ1) is 14.3. The van der Waals surface area contributed by atoms with Crippen LogP contribution in [0.5, 0.6) is 5.75 Å². The number of halogens is 2. The molecule has 30 heavy (non-hydrogen) atoms. The quantitative estimate of drug-likeness (QED) is 0.640. The lowest BCUT2D eigenvalue weighted by Gasteiger charge is -2.22. The van der Waals surface area contributed by atoms with Crippen molar-refractivity contribution in [1.29, 1.82) is 0 Å². The minimum atomic E-state index is -0.592. The lowest BCUT2D eigenvalue weighted by molar-refractivity contribution is -0.128. The number of nitrogens with zero attached hydrogens (tertiary/aromatic N) is 4. The molecule has 3 rings (SSSR count). The zero-order valence-electron chi connectivity index (χ0n) is 17.1. The largest absolute Gasteiger partial charge is 0.497 e. The predicted molar refractivity (Wildman–Crippen MR) is 115 cm³/mol. The van der Waals surface area contributed by atoms with E-state index in [0.717, 1.165) is 31.7 Å². The summed E-state index contributed by atoms with van der Waals surface area (Å²) in [5.41, 5.74) is 0. The number of methoxy groups -OCH3 is 2. The number of amides is 1. The summed E-state index contributed by atoms with van der Waals surface area (Å²) in [6.07, 6.45) is 3.61. The van der Waals surface area contributed by atoms with Gasteiger partial charge in [-0.05, 0) is 31.0 Å². The maximum Gasteiger partial charge on any atom is 0.376 e. The van der Waals surface area contributed by atoms with E-state index in [4.69, 9.17) is 27.9 Å². The van der Waals surface area contributed by atoms with Gasteiger partial charge in [-0.2, -0.15) is 0 Å². The number of ether oxygens (including phenoxy) is 2. The van der Waals surface area contributed by atoms with Crippen molar-refractivity contribution in [1.82, 2.24) is 14.9 Å². The fourth-order valence-electron chi connectivity index (χ4n) is 2.71. The van der Waals surface area contributed by atoms with E-state index in [-0.39, 0.29) is 18.3 Å². The van der Waals surface area contributed by atoms with Crippen molar-refractivity contribution in [3.63, 3.8) is 0 Å². The van der Waals surface area contributed by atoms with Gasteiger partial charge in [-0.25, -0.2) is 14.8 Å². The molecule has 0 spiro atoms. The van der Waals surface area contributed by atoms with Crippen molar-refractivity contribution >= 4 is 40.9 Å². The van der Waals surface area contributed by atoms with Crippen molar-refractivity contribution in [3.8, 4) is 5.75 Å². The van der Waals surface area contributed by atoms with E-state index in [0.29, 0.717) is 15.9 Å². The monoisotopic (exact) mass is 454 g/mol. The normalized spacial score (nSPS) is 12.6. The fraction of sp³-hybridized carbons (Fsp3) is 0.400. The van der Waals surface area contributed by atoms with Gasteiger partial charge < -0.3 is 19.3 Å². The summed E-state index contributed by atoms with van der Waals surface area (Å²) in [5, 5.41) is 1.06. The van der Waals surface area contributed by atoms with Gasteiger partial charge in [0.25, 0.3) is 0 Å². The van der Waals surface area contributed by atoms with Crippen LogP contribution in [0.15, 0.2) is 30.5 Å². The average molecular weight is 455 g/mol. The van der Waals surface area contributed by atoms with Crippen LogP contribution in [0.4, 0.5) is 5.82 Å². The second-order valence-electron chi connectivity index (χ2n) is 6.45. The first-order valence-corrected chi connectivity index (χ1v) is 10.0. The van der Waals surface area contributed by atoms with Gasteiger partial charge in [0.2, 0.25) is 11.7 Å². The molecule has 10 heteroatoms. The van der Waals surface area contributed by atoms with Gasteiger partial charge in [0.1, 0.15) is 11.6 Å². The third-order valence-corrected chi connectivity index (χ3v) is 5.10. The van der Waals surface area contributed by atoms with E-state index in [1.54, 1.807) is 43.3 Å². The Morgan fingerprint density at radius 1 is 1.13 bits per heavy atom. The van der Waals surface area contributed by atoms with E-state index in [9.17, 15) is 9.59 Å². The van der Waals surface area contributed by atoms with E-state index in [2.05, 4.69) is 14.7 Å². The Kier molecular flexibility index (Phi) is 9.14. The summed E-state index contributed by atoms with van der Waals surface area (Å²) >= 11 is 11.3. The molecule has 8 nitrogen and oxygen atoms in total. The third kappa shape index (κ3) is 6.74. The molecule has 1 amide bonds. The number of rotatable bonds is 5. The number of carbonyl (C=O) groups is 2. The number of likely N-dealkylation sites (N-methyl/N-ethyl adjacent to an activating group) is 1. The molecule has 2 aromatic rings.